The van der Waals surface area contributed by atoms with E-state index >= 15 is 0 Å². The second-order valence-electron chi connectivity index (χ2n) is 10.5. The van der Waals surface area contributed by atoms with Gasteiger partial charge in [-0.1, -0.05) is 40.9 Å². The van der Waals surface area contributed by atoms with Crippen LogP contribution in [0, 0.1) is 11.8 Å². The molecule has 0 radical (unpaired) electrons. The molecule has 2 unspecified atom stereocenters. The number of anilines is 1. The molecule has 2 heterocycles. The minimum Gasteiger partial charge on any atom is -0.497 e. The van der Waals surface area contributed by atoms with Crippen LogP contribution in [0.25, 0.3) is 22.2 Å². The van der Waals surface area contributed by atoms with E-state index in [0.29, 0.717) is 39.2 Å². The number of benzene rings is 3. The Morgan fingerprint density at radius 2 is 1.57 bits per heavy atom. The number of halogens is 1. The van der Waals surface area contributed by atoms with E-state index in [1.54, 1.807) is 73.8 Å². The van der Waals surface area contributed by atoms with Crippen LogP contribution in [0.4, 0.5) is 5.69 Å². The van der Waals surface area contributed by atoms with E-state index in [9.17, 15) is 19.2 Å². The third kappa shape index (κ3) is 5.20. The second kappa shape index (κ2) is 11.5. The van der Waals surface area contributed by atoms with Crippen LogP contribution >= 0.6 is 15.9 Å². The summed E-state index contributed by atoms with van der Waals surface area (Å²) in [6, 6.07) is 20.6. The fourth-order valence-corrected chi connectivity index (χ4v) is 6.14. The highest BCUT2D eigenvalue weighted by Gasteiger charge is 2.48. The van der Waals surface area contributed by atoms with E-state index < -0.39 is 12.6 Å². The maximum atomic E-state index is 13.3. The summed E-state index contributed by atoms with van der Waals surface area (Å²) in [4.78, 5) is 58.1. The first-order chi connectivity index (χ1) is 20.3. The van der Waals surface area contributed by atoms with E-state index in [1.165, 1.54) is 4.90 Å². The largest absolute Gasteiger partial charge is 0.497 e. The molecule has 1 aliphatic carbocycles. The Labute approximate surface area is 250 Å². The highest BCUT2D eigenvalue weighted by atomic mass is 79.9. The minimum atomic E-state index is -0.656. The number of amides is 2. The Balaban J connectivity index is 1.26. The van der Waals surface area contributed by atoms with Gasteiger partial charge in [0.15, 0.2) is 12.4 Å². The summed E-state index contributed by atoms with van der Waals surface area (Å²) < 4.78 is 11.3. The van der Waals surface area contributed by atoms with Gasteiger partial charge in [-0.2, -0.15) is 0 Å². The number of ether oxygens (including phenoxy) is 2. The number of carbonyl (C=O) groups is 4. The molecule has 9 heteroatoms. The SMILES string of the molecule is COc1ccc(C(=O)COC(=O)c2cc(-c3ccc(N4C(=O)C5CCCCC5C4=O)cc3)nc3ccc(Br)cc23)cc1. The van der Waals surface area contributed by atoms with Crippen molar-refractivity contribution in [3.8, 4) is 17.0 Å². The Kier molecular flexibility index (Phi) is 7.60. The lowest BCUT2D eigenvalue weighted by molar-refractivity contribution is -0.122. The van der Waals surface area contributed by atoms with Gasteiger partial charge in [0, 0.05) is 21.0 Å². The van der Waals surface area contributed by atoms with E-state index in [0.717, 1.165) is 30.2 Å². The number of hydrogen-bond acceptors (Lipinski definition) is 7. The molecule has 8 nitrogen and oxygen atoms in total. The number of pyridine rings is 1. The predicted octanol–water partition coefficient (Wildman–Crippen LogP) is 6.39. The molecule has 2 fully saturated rings. The quantitative estimate of drug-likeness (QED) is 0.133. The number of imide groups is 1. The molecular weight excluding hydrogens is 600 g/mol. The first kappa shape index (κ1) is 27.8. The lowest BCUT2D eigenvalue weighted by Gasteiger charge is -2.19. The zero-order valence-electron chi connectivity index (χ0n) is 22.8. The first-order valence-corrected chi connectivity index (χ1v) is 14.6. The summed E-state index contributed by atoms with van der Waals surface area (Å²) in [6.07, 6.45) is 3.45. The monoisotopic (exact) mass is 626 g/mol. The van der Waals surface area contributed by atoms with Gasteiger partial charge in [-0.25, -0.2) is 9.78 Å². The fourth-order valence-electron chi connectivity index (χ4n) is 5.78. The highest BCUT2D eigenvalue weighted by Crippen LogP contribution is 2.40. The summed E-state index contributed by atoms with van der Waals surface area (Å²) in [5.74, 6) is -1.07. The summed E-state index contributed by atoms with van der Waals surface area (Å²) >= 11 is 3.45. The molecule has 42 heavy (non-hydrogen) atoms. The molecule has 2 amide bonds. The Bertz CT molecular complexity index is 1690. The maximum absolute atomic E-state index is 13.3. The summed E-state index contributed by atoms with van der Waals surface area (Å²) in [5.41, 5.74) is 2.98. The molecule has 2 atom stereocenters. The van der Waals surface area contributed by atoms with Gasteiger partial charge < -0.3 is 9.47 Å². The third-order valence-corrected chi connectivity index (χ3v) is 8.49. The summed E-state index contributed by atoms with van der Waals surface area (Å²) in [6.45, 7) is -0.424. The number of esters is 1. The summed E-state index contributed by atoms with van der Waals surface area (Å²) in [5, 5.41) is 0.572. The second-order valence-corrected chi connectivity index (χ2v) is 11.4. The molecule has 4 aromatic rings. The smallest absolute Gasteiger partial charge is 0.339 e. The fraction of sp³-hybridized carbons (Fsp3) is 0.242. The molecular formula is C33H27BrN2O6. The van der Waals surface area contributed by atoms with Crippen molar-refractivity contribution >= 4 is 56.1 Å². The van der Waals surface area contributed by atoms with Crippen molar-refractivity contribution in [2.75, 3.05) is 18.6 Å². The normalized spacial score (nSPS) is 18.2. The number of carbonyl (C=O) groups excluding carboxylic acids is 4. The zero-order valence-corrected chi connectivity index (χ0v) is 24.4. The maximum Gasteiger partial charge on any atom is 0.339 e. The molecule has 2 aliphatic rings. The Hall–Kier alpha value is -4.37. The number of nitrogens with zero attached hydrogens (tertiary/aromatic N) is 2. The van der Waals surface area contributed by atoms with Crippen LogP contribution in [-0.2, 0) is 14.3 Å². The number of rotatable bonds is 7. The topological polar surface area (TPSA) is 103 Å². The van der Waals surface area contributed by atoms with Crippen molar-refractivity contribution in [3.63, 3.8) is 0 Å². The van der Waals surface area contributed by atoms with Crippen molar-refractivity contribution in [2.24, 2.45) is 11.8 Å². The molecule has 1 aromatic heterocycles. The van der Waals surface area contributed by atoms with Gasteiger partial charge in [0.25, 0.3) is 0 Å². The summed E-state index contributed by atoms with van der Waals surface area (Å²) in [7, 11) is 1.54. The molecule has 0 spiro atoms. The van der Waals surface area contributed by atoms with Gasteiger partial charge in [0.05, 0.1) is 41.4 Å². The minimum absolute atomic E-state index is 0.124. The molecule has 6 rings (SSSR count). The van der Waals surface area contributed by atoms with Gasteiger partial charge in [0.2, 0.25) is 11.8 Å². The molecule has 0 bridgehead atoms. The number of methoxy groups -OCH3 is 1. The average molecular weight is 627 g/mol. The van der Waals surface area contributed by atoms with Crippen molar-refractivity contribution in [1.82, 2.24) is 4.98 Å². The van der Waals surface area contributed by atoms with Crippen LogP contribution in [0.5, 0.6) is 5.75 Å². The molecule has 0 N–H and O–H groups in total. The predicted molar refractivity (Wildman–Crippen MR) is 160 cm³/mol. The van der Waals surface area contributed by atoms with Gasteiger partial charge >= 0.3 is 5.97 Å². The van der Waals surface area contributed by atoms with Crippen molar-refractivity contribution in [2.45, 2.75) is 25.7 Å². The lowest BCUT2D eigenvalue weighted by Crippen LogP contribution is -2.30. The molecule has 1 saturated heterocycles. The van der Waals surface area contributed by atoms with Crippen LogP contribution in [0.15, 0.2) is 77.3 Å². The van der Waals surface area contributed by atoms with Gasteiger partial charge in [-0.15, -0.1) is 0 Å². The molecule has 212 valence electrons. The standard InChI is InChI=1S/C33H27BrN2O6/c1-41-23-13-8-20(9-14-23)30(37)18-42-33(40)27-17-29(35-28-15-10-21(34)16-26(27)28)19-6-11-22(12-7-19)36-31(38)24-4-2-3-5-25(24)32(36)39/h6-17,24-25H,2-5,18H2,1H3. The number of hydrogen-bond donors (Lipinski definition) is 0. The van der Waals surface area contributed by atoms with Crippen molar-refractivity contribution in [3.05, 3.63) is 88.4 Å². The van der Waals surface area contributed by atoms with Gasteiger partial charge in [0.1, 0.15) is 5.75 Å². The average Bonchev–Trinajstić information content (AvgIpc) is 3.28. The van der Waals surface area contributed by atoms with Gasteiger partial charge in [-0.05, 0) is 73.5 Å². The van der Waals surface area contributed by atoms with E-state index in [2.05, 4.69) is 15.9 Å². The molecule has 3 aromatic carbocycles. The van der Waals surface area contributed by atoms with Crippen LogP contribution in [-0.4, -0.2) is 42.3 Å². The van der Waals surface area contributed by atoms with E-state index in [1.807, 2.05) is 6.07 Å². The van der Waals surface area contributed by atoms with Gasteiger partial charge in [-0.3, -0.25) is 19.3 Å². The Morgan fingerprint density at radius 3 is 2.21 bits per heavy atom. The van der Waals surface area contributed by atoms with Crippen LogP contribution in [0.3, 0.4) is 0 Å². The number of ketones is 1. The molecule has 1 aliphatic heterocycles. The van der Waals surface area contributed by atoms with Crippen LogP contribution < -0.4 is 9.64 Å². The Morgan fingerprint density at radius 1 is 0.905 bits per heavy atom. The van der Waals surface area contributed by atoms with E-state index in [-0.39, 0.29) is 35.0 Å². The first-order valence-electron chi connectivity index (χ1n) is 13.8. The third-order valence-electron chi connectivity index (χ3n) is 8.00. The van der Waals surface area contributed by atoms with Crippen LogP contribution in [0.2, 0.25) is 0 Å². The number of fused-ring (bicyclic) bond motifs is 2. The number of Topliss-reactive ketones (excluding diaryl/α,β-unsaturated/α-hetero) is 1. The van der Waals surface area contributed by atoms with Crippen molar-refractivity contribution < 1.29 is 28.7 Å². The number of aromatic nitrogens is 1. The highest BCUT2D eigenvalue weighted by molar-refractivity contribution is 9.10. The van der Waals surface area contributed by atoms with Crippen LogP contribution in [0.1, 0.15) is 46.4 Å². The van der Waals surface area contributed by atoms with Crippen molar-refractivity contribution in [1.29, 1.82) is 0 Å². The molecule has 1 saturated carbocycles. The lowest BCUT2D eigenvalue weighted by atomic mass is 9.81. The zero-order chi connectivity index (χ0) is 29.4. The van der Waals surface area contributed by atoms with E-state index in [4.69, 9.17) is 14.5 Å².